The minimum Gasteiger partial charge on any atom is -0.494 e. The Balaban J connectivity index is 1.78. The average Bonchev–Trinajstić information content (AvgIpc) is 3.06. The summed E-state index contributed by atoms with van der Waals surface area (Å²) in [5.41, 5.74) is 1.26. The van der Waals surface area contributed by atoms with Gasteiger partial charge >= 0.3 is 0 Å². The zero-order valence-electron chi connectivity index (χ0n) is 26.3. The molecule has 0 heterocycles. The predicted molar refractivity (Wildman–Crippen MR) is 177 cm³/mol. The Morgan fingerprint density at radius 1 is 0.848 bits per heavy atom. The van der Waals surface area contributed by atoms with E-state index in [1.54, 1.807) is 60.7 Å². The van der Waals surface area contributed by atoms with Crippen LogP contribution in [-0.4, -0.2) is 50.9 Å². The second kappa shape index (κ2) is 16.0. The van der Waals surface area contributed by atoms with E-state index in [-0.39, 0.29) is 35.0 Å². The van der Waals surface area contributed by atoms with Crippen LogP contribution in [0.25, 0.3) is 0 Å². The van der Waals surface area contributed by atoms with Gasteiger partial charge in [-0.05, 0) is 60.9 Å². The third-order valence-corrected chi connectivity index (χ3v) is 9.09. The second-order valence-corrected chi connectivity index (χ2v) is 13.1. The number of halogens is 1. The van der Waals surface area contributed by atoms with Crippen LogP contribution >= 0.6 is 0 Å². The number of nitrogens with one attached hydrogen (secondary N) is 1. The van der Waals surface area contributed by atoms with E-state index < -0.39 is 40.2 Å². The van der Waals surface area contributed by atoms with Crippen molar-refractivity contribution < 1.29 is 27.1 Å². The first kappa shape index (κ1) is 34.2. The minimum absolute atomic E-state index is 0.0382. The lowest BCUT2D eigenvalue weighted by Gasteiger charge is -2.34. The Labute approximate surface area is 270 Å². The monoisotopic (exact) mass is 645 g/mol. The molecule has 0 fully saturated rings. The fourth-order valence-corrected chi connectivity index (χ4v) is 6.33. The molecule has 0 radical (unpaired) electrons. The van der Waals surface area contributed by atoms with Gasteiger partial charge < -0.3 is 15.0 Å². The zero-order valence-corrected chi connectivity index (χ0v) is 27.1. The molecule has 4 aromatic carbocycles. The van der Waals surface area contributed by atoms with Crippen LogP contribution < -0.4 is 14.4 Å². The van der Waals surface area contributed by atoms with Crippen molar-refractivity contribution in [3.8, 4) is 5.75 Å². The number of carbonyl (C=O) groups is 2. The number of nitrogens with zero attached hydrogens (tertiary/aromatic N) is 2. The third kappa shape index (κ3) is 8.94. The number of ether oxygens (including phenoxy) is 1. The van der Waals surface area contributed by atoms with Gasteiger partial charge in [-0.25, -0.2) is 12.8 Å². The summed E-state index contributed by atoms with van der Waals surface area (Å²) in [4.78, 5) is 29.5. The topological polar surface area (TPSA) is 96.0 Å². The van der Waals surface area contributed by atoms with Crippen molar-refractivity contribution in [2.45, 2.75) is 44.7 Å². The number of para-hydroxylation sites is 1. The number of amides is 2. The smallest absolute Gasteiger partial charge is 0.264 e. The van der Waals surface area contributed by atoms with Gasteiger partial charge in [-0.2, -0.15) is 0 Å². The second-order valence-electron chi connectivity index (χ2n) is 11.2. The highest BCUT2D eigenvalue weighted by Crippen LogP contribution is 2.26. The molecule has 8 nitrogen and oxygen atoms in total. The maximum absolute atomic E-state index is 15.0. The Morgan fingerprint density at radius 3 is 2.07 bits per heavy atom. The Bertz CT molecular complexity index is 1680. The van der Waals surface area contributed by atoms with Crippen LogP contribution in [0.1, 0.15) is 31.9 Å². The molecule has 0 unspecified atom stereocenters. The molecule has 1 atom stereocenters. The summed E-state index contributed by atoms with van der Waals surface area (Å²) >= 11 is 0. The van der Waals surface area contributed by atoms with Crippen LogP contribution in [0.5, 0.6) is 5.75 Å². The molecule has 1 N–H and O–H groups in total. The number of carbonyl (C=O) groups excluding carboxylic acids is 2. The largest absolute Gasteiger partial charge is 0.494 e. The standard InChI is InChI=1S/C36H40FN3O5S/c1-4-45-31-19-21-32(22-20-31)46(43,44)40(30-16-9-6-10-17-30)26-35(41)39(25-29-15-11-12-18-33(29)37)34(36(42)38-24-27(2)3)23-28-13-7-5-8-14-28/h5-22,27,34H,4,23-26H2,1-3H3,(H,38,42)/t34-/m1/s1. The van der Waals surface area contributed by atoms with Crippen LogP contribution in [0.15, 0.2) is 114 Å². The number of rotatable bonds is 15. The molecule has 0 aromatic heterocycles. The summed E-state index contributed by atoms with van der Waals surface area (Å²) in [6, 6.07) is 28.4. The first-order valence-corrected chi connectivity index (χ1v) is 16.7. The molecule has 0 saturated heterocycles. The molecule has 10 heteroatoms. The van der Waals surface area contributed by atoms with Gasteiger partial charge in [0.25, 0.3) is 10.0 Å². The number of sulfonamides is 1. The highest BCUT2D eigenvalue weighted by Gasteiger charge is 2.35. The van der Waals surface area contributed by atoms with E-state index in [0.29, 0.717) is 18.9 Å². The van der Waals surface area contributed by atoms with Gasteiger partial charge in [0.2, 0.25) is 11.8 Å². The van der Waals surface area contributed by atoms with Crippen molar-refractivity contribution in [2.75, 3.05) is 24.0 Å². The molecule has 0 aliphatic heterocycles. The Morgan fingerprint density at radius 2 is 1.46 bits per heavy atom. The molecule has 242 valence electrons. The molecule has 0 aliphatic rings. The summed E-state index contributed by atoms with van der Waals surface area (Å²) < 4.78 is 49.8. The van der Waals surface area contributed by atoms with Crippen molar-refractivity contribution >= 4 is 27.5 Å². The maximum Gasteiger partial charge on any atom is 0.264 e. The predicted octanol–water partition coefficient (Wildman–Crippen LogP) is 5.83. The third-order valence-electron chi connectivity index (χ3n) is 7.30. The fourth-order valence-electron chi connectivity index (χ4n) is 4.91. The summed E-state index contributed by atoms with van der Waals surface area (Å²) in [6.45, 7) is 5.66. The summed E-state index contributed by atoms with van der Waals surface area (Å²) in [7, 11) is -4.27. The lowest BCUT2D eigenvalue weighted by molar-refractivity contribution is -0.140. The normalized spacial score (nSPS) is 11.9. The van der Waals surface area contributed by atoms with Gasteiger partial charge in [0, 0.05) is 25.1 Å². The van der Waals surface area contributed by atoms with Gasteiger partial charge in [-0.15, -0.1) is 0 Å². The molecule has 4 aromatic rings. The molecule has 0 spiro atoms. The molecular weight excluding hydrogens is 605 g/mol. The number of benzene rings is 4. The van der Waals surface area contributed by atoms with Crippen molar-refractivity contribution in [2.24, 2.45) is 5.92 Å². The number of hydrogen-bond acceptors (Lipinski definition) is 5. The van der Waals surface area contributed by atoms with Crippen LogP contribution in [0.3, 0.4) is 0 Å². The van der Waals surface area contributed by atoms with Gasteiger partial charge in [0.15, 0.2) is 0 Å². The average molecular weight is 646 g/mol. The molecular formula is C36H40FN3O5S. The zero-order chi connectivity index (χ0) is 33.1. The van der Waals surface area contributed by atoms with Crippen molar-refractivity contribution in [1.29, 1.82) is 0 Å². The SMILES string of the molecule is CCOc1ccc(S(=O)(=O)N(CC(=O)N(Cc2ccccc2F)[C@H](Cc2ccccc2)C(=O)NCC(C)C)c2ccccc2)cc1. The van der Waals surface area contributed by atoms with Crippen LogP contribution in [0.4, 0.5) is 10.1 Å². The van der Waals surface area contributed by atoms with E-state index in [2.05, 4.69) is 5.32 Å². The summed E-state index contributed by atoms with van der Waals surface area (Å²) in [5, 5.41) is 2.92. The van der Waals surface area contributed by atoms with Crippen LogP contribution in [0, 0.1) is 11.7 Å². The minimum atomic E-state index is -4.27. The van der Waals surface area contributed by atoms with Crippen LogP contribution in [0.2, 0.25) is 0 Å². The lowest BCUT2D eigenvalue weighted by Crippen LogP contribution is -2.53. The Hall–Kier alpha value is -4.70. The van der Waals surface area contributed by atoms with Crippen molar-refractivity contribution in [3.63, 3.8) is 0 Å². The first-order chi connectivity index (χ1) is 22.1. The van der Waals surface area contributed by atoms with Crippen LogP contribution in [-0.2, 0) is 32.6 Å². The summed E-state index contributed by atoms with van der Waals surface area (Å²) in [6.07, 6.45) is 0.141. The van der Waals surface area contributed by atoms with Gasteiger partial charge in [-0.1, -0.05) is 80.6 Å². The molecule has 0 bridgehead atoms. The molecule has 2 amide bonds. The Kier molecular flexibility index (Phi) is 11.9. The number of anilines is 1. The highest BCUT2D eigenvalue weighted by atomic mass is 32.2. The molecule has 4 rings (SSSR count). The van der Waals surface area contributed by atoms with Gasteiger partial charge in [-0.3, -0.25) is 13.9 Å². The van der Waals surface area contributed by atoms with E-state index in [1.807, 2.05) is 51.1 Å². The van der Waals surface area contributed by atoms with E-state index >= 15 is 4.39 Å². The molecule has 0 saturated carbocycles. The molecule has 46 heavy (non-hydrogen) atoms. The van der Waals surface area contributed by atoms with Gasteiger partial charge in [0.05, 0.1) is 17.2 Å². The number of hydrogen-bond donors (Lipinski definition) is 1. The molecule has 0 aliphatic carbocycles. The lowest BCUT2D eigenvalue weighted by atomic mass is 10.0. The van der Waals surface area contributed by atoms with Gasteiger partial charge in [0.1, 0.15) is 24.2 Å². The van der Waals surface area contributed by atoms with E-state index in [4.69, 9.17) is 4.74 Å². The van der Waals surface area contributed by atoms with E-state index in [0.717, 1.165) is 9.87 Å². The van der Waals surface area contributed by atoms with Crippen molar-refractivity contribution in [1.82, 2.24) is 10.2 Å². The first-order valence-electron chi connectivity index (χ1n) is 15.2. The summed E-state index contributed by atoms with van der Waals surface area (Å²) in [5.74, 6) is -0.964. The van der Waals surface area contributed by atoms with E-state index in [9.17, 15) is 18.0 Å². The van der Waals surface area contributed by atoms with E-state index in [1.165, 1.54) is 23.1 Å². The maximum atomic E-state index is 15.0. The fraction of sp³-hybridized carbons (Fsp3) is 0.278. The quantitative estimate of drug-likeness (QED) is 0.176. The highest BCUT2D eigenvalue weighted by molar-refractivity contribution is 7.92. The van der Waals surface area contributed by atoms with Crippen molar-refractivity contribution in [3.05, 3.63) is 126 Å².